The fraction of sp³-hybridized carbons (Fsp3) is 0.375. The predicted octanol–water partition coefficient (Wildman–Crippen LogP) is 2.20. The average molecular weight is 287 g/mol. The molecule has 0 unspecified atom stereocenters. The number of benzene rings is 1. The number of amides is 1. The molecule has 1 heterocycles. The number of hydrogen-bond acceptors (Lipinski definition) is 3. The Hall–Kier alpha value is -2.01. The summed E-state index contributed by atoms with van der Waals surface area (Å²) in [5, 5.41) is 6.39. The molecule has 0 bridgehead atoms. The van der Waals surface area contributed by atoms with Crippen molar-refractivity contribution in [1.82, 2.24) is 15.6 Å². The van der Waals surface area contributed by atoms with E-state index in [1.807, 2.05) is 13.1 Å². The molecule has 110 valence electrons. The Balaban J connectivity index is 2.00. The second kappa shape index (κ2) is 5.77. The second-order valence-corrected chi connectivity index (χ2v) is 5.39. The number of hydrogen-bond donors (Lipinski definition) is 2. The molecule has 1 aromatic carbocycles. The van der Waals surface area contributed by atoms with Gasteiger partial charge in [0, 0.05) is 30.1 Å². The Morgan fingerprint density at radius 2 is 2.14 bits per heavy atom. The maximum absolute atomic E-state index is 13.5. The van der Waals surface area contributed by atoms with E-state index in [1.165, 1.54) is 12.1 Å². The molecule has 1 saturated carbocycles. The number of nitrogens with one attached hydrogen (secondary N) is 2. The van der Waals surface area contributed by atoms with Gasteiger partial charge in [0.15, 0.2) is 0 Å². The molecule has 1 aliphatic carbocycles. The highest BCUT2D eigenvalue weighted by Gasteiger charge is 2.27. The summed E-state index contributed by atoms with van der Waals surface area (Å²) < 4.78 is 13.5. The molecule has 21 heavy (non-hydrogen) atoms. The predicted molar refractivity (Wildman–Crippen MR) is 79.9 cm³/mol. The van der Waals surface area contributed by atoms with Gasteiger partial charge in [-0.1, -0.05) is 0 Å². The number of fused-ring (bicyclic) bond motifs is 1. The standard InChI is InChI=1S/C16H18FN3O/c1-18-6-7-19-16(21)13-9-15(10-2-3-10)20-14-5-4-11(17)8-12(13)14/h4-5,8-10,18H,2-3,6-7H2,1H3,(H,19,21). The van der Waals surface area contributed by atoms with Crippen LogP contribution in [0.1, 0.15) is 34.8 Å². The maximum Gasteiger partial charge on any atom is 0.252 e. The lowest BCUT2D eigenvalue weighted by Gasteiger charge is -2.10. The van der Waals surface area contributed by atoms with Crippen LogP contribution in [0.25, 0.3) is 10.9 Å². The molecule has 0 aliphatic heterocycles. The first kappa shape index (κ1) is 13.9. The minimum atomic E-state index is -0.354. The molecule has 0 spiro atoms. The normalized spacial score (nSPS) is 14.4. The number of nitrogens with zero attached hydrogens (tertiary/aromatic N) is 1. The van der Waals surface area contributed by atoms with Gasteiger partial charge in [0.1, 0.15) is 5.82 Å². The number of rotatable bonds is 5. The molecule has 1 fully saturated rings. The van der Waals surface area contributed by atoms with Gasteiger partial charge in [-0.05, 0) is 44.2 Å². The van der Waals surface area contributed by atoms with E-state index in [4.69, 9.17) is 0 Å². The zero-order valence-corrected chi connectivity index (χ0v) is 11.9. The summed E-state index contributed by atoms with van der Waals surface area (Å²) in [7, 11) is 1.83. The van der Waals surface area contributed by atoms with E-state index >= 15 is 0 Å². The molecule has 0 radical (unpaired) electrons. The fourth-order valence-corrected chi connectivity index (χ4v) is 2.39. The van der Waals surface area contributed by atoms with Crippen LogP contribution in [-0.2, 0) is 0 Å². The van der Waals surface area contributed by atoms with Crippen LogP contribution in [0.2, 0.25) is 0 Å². The summed E-state index contributed by atoms with van der Waals surface area (Å²) in [5.74, 6) is -0.0822. The Bertz CT molecular complexity index is 683. The van der Waals surface area contributed by atoms with Crippen molar-refractivity contribution in [3.05, 3.63) is 41.3 Å². The van der Waals surface area contributed by atoms with E-state index in [0.29, 0.717) is 35.5 Å². The molecular weight excluding hydrogens is 269 g/mol. The molecule has 3 rings (SSSR count). The van der Waals surface area contributed by atoms with Crippen LogP contribution in [-0.4, -0.2) is 31.0 Å². The molecule has 4 nitrogen and oxygen atoms in total. The lowest BCUT2D eigenvalue weighted by atomic mass is 10.1. The van der Waals surface area contributed by atoms with Gasteiger partial charge in [0.2, 0.25) is 0 Å². The van der Waals surface area contributed by atoms with Gasteiger partial charge in [0.05, 0.1) is 11.1 Å². The minimum absolute atomic E-state index is 0.176. The van der Waals surface area contributed by atoms with Crippen molar-refractivity contribution in [2.75, 3.05) is 20.1 Å². The van der Waals surface area contributed by atoms with Crippen molar-refractivity contribution in [1.29, 1.82) is 0 Å². The minimum Gasteiger partial charge on any atom is -0.351 e. The van der Waals surface area contributed by atoms with Crippen LogP contribution in [0, 0.1) is 5.82 Å². The third-order valence-electron chi connectivity index (χ3n) is 3.69. The first-order valence-corrected chi connectivity index (χ1v) is 7.22. The molecule has 5 heteroatoms. The maximum atomic E-state index is 13.5. The lowest BCUT2D eigenvalue weighted by molar-refractivity contribution is 0.0955. The van der Waals surface area contributed by atoms with E-state index in [-0.39, 0.29) is 11.7 Å². The Morgan fingerprint density at radius 3 is 2.86 bits per heavy atom. The third-order valence-corrected chi connectivity index (χ3v) is 3.69. The number of likely N-dealkylation sites (N-methyl/N-ethyl adjacent to an activating group) is 1. The van der Waals surface area contributed by atoms with Crippen LogP contribution < -0.4 is 10.6 Å². The number of halogens is 1. The first-order chi connectivity index (χ1) is 10.2. The molecular formula is C16H18FN3O. The van der Waals surface area contributed by atoms with Gasteiger partial charge < -0.3 is 10.6 Å². The smallest absolute Gasteiger partial charge is 0.252 e. The van der Waals surface area contributed by atoms with Crippen LogP contribution in [0.15, 0.2) is 24.3 Å². The van der Waals surface area contributed by atoms with E-state index in [1.54, 1.807) is 6.07 Å². The molecule has 0 saturated heterocycles. The van der Waals surface area contributed by atoms with Crippen molar-refractivity contribution in [2.24, 2.45) is 0 Å². The Labute approximate surface area is 122 Å². The van der Waals surface area contributed by atoms with Crippen molar-refractivity contribution >= 4 is 16.8 Å². The molecule has 0 atom stereocenters. The molecule has 2 aromatic rings. The van der Waals surface area contributed by atoms with Gasteiger partial charge in [-0.25, -0.2) is 4.39 Å². The summed E-state index contributed by atoms with van der Waals surface area (Å²) in [5.41, 5.74) is 2.13. The van der Waals surface area contributed by atoms with Gasteiger partial charge in [0.25, 0.3) is 5.91 Å². The average Bonchev–Trinajstić information content (AvgIpc) is 3.31. The van der Waals surface area contributed by atoms with Gasteiger partial charge in [-0.15, -0.1) is 0 Å². The van der Waals surface area contributed by atoms with Gasteiger partial charge >= 0.3 is 0 Å². The summed E-state index contributed by atoms with van der Waals surface area (Å²) >= 11 is 0. The Kier molecular flexibility index (Phi) is 3.84. The zero-order chi connectivity index (χ0) is 14.8. The van der Waals surface area contributed by atoms with E-state index in [2.05, 4.69) is 15.6 Å². The summed E-state index contributed by atoms with van der Waals surface area (Å²) in [6.07, 6.45) is 2.22. The van der Waals surface area contributed by atoms with E-state index in [9.17, 15) is 9.18 Å². The quantitative estimate of drug-likeness (QED) is 0.829. The molecule has 2 N–H and O–H groups in total. The number of carbonyl (C=O) groups excluding carboxylic acids is 1. The van der Waals surface area contributed by atoms with Crippen molar-refractivity contribution < 1.29 is 9.18 Å². The topological polar surface area (TPSA) is 54.0 Å². The molecule has 1 aromatic heterocycles. The van der Waals surface area contributed by atoms with Crippen LogP contribution in [0.4, 0.5) is 4.39 Å². The number of carbonyl (C=O) groups is 1. The third kappa shape index (κ3) is 3.03. The van der Waals surface area contributed by atoms with E-state index < -0.39 is 0 Å². The van der Waals surface area contributed by atoms with Crippen LogP contribution in [0.5, 0.6) is 0 Å². The number of pyridine rings is 1. The van der Waals surface area contributed by atoms with Crippen molar-refractivity contribution in [3.63, 3.8) is 0 Å². The lowest BCUT2D eigenvalue weighted by Crippen LogP contribution is -2.30. The van der Waals surface area contributed by atoms with Gasteiger partial charge in [-0.3, -0.25) is 9.78 Å². The zero-order valence-electron chi connectivity index (χ0n) is 11.9. The number of aromatic nitrogens is 1. The van der Waals surface area contributed by atoms with E-state index in [0.717, 1.165) is 18.5 Å². The summed E-state index contributed by atoms with van der Waals surface area (Å²) in [4.78, 5) is 16.9. The SMILES string of the molecule is CNCCNC(=O)c1cc(C2CC2)nc2ccc(F)cc12. The summed E-state index contributed by atoms with van der Waals surface area (Å²) in [6.45, 7) is 1.23. The second-order valence-electron chi connectivity index (χ2n) is 5.39. The monoisotopic (exact) mass is 287 g/mol. The Morgan fingerprint density at radius 1 is 1.33 bits per heavy atom. The van der Waals surface area contributed by atoms with Crippen LogP contribution >= 0.6 is 0 Å². The first-order valence-electron chi connectivity index (χ1n) is 7.22. The molecule has 1 amide bonds. The fourth-order valence-electron chi connectivity index (χ4n) is 2.39. The highest BCUT2D eigenvalue weighted by molar-refractivity contribution is 6.06. The van der Waals surface area contributed by atoms with Crippen LogP contribution in [0.3, 0.4) is 0 Å². The summed E-state index contributed by atoms with van der Waals surface area (Å²) in [6, 6.07) is 6.22. The highest BCUT2D eigenvalue weighted by atomic mass is 19.1. The van der Waals surface area contributed by atoms with Gasteiger partial charge in [-0.2, -0.15) is 0 Å². The van der Waals surface area contributed by atoms with Crippen molar-refractivity contribution in [3.8, 4) is 0 Å². The molecule has 1 aliphatic rings. The largest absolute Gasteiger partial charge is 0.351 e. The van der Waals surface area contributed by atoms with Crippen molar-refractivity contribution in [2.45, 2.75) is 18.8 Å². The highest BCUT2D eigenvalue weighted by Crippen LogP contribution is 2.40.